The van der Waals surface area contributed by atoms with Gasteiger partial charge in [-0.3, -0.25) is 9.89 Å². The number of aromatic amines is 1. The molecule has 3 aromatic rings. The monoisotopic (exact) mass is 412 g/mol. The Labute approximate surface area is 172 Å². The number of nitrogens with one attached hydrogen (secondary N) is 2. The van der Waals surface area contributed by atoms with Gasteiger partial charge in [-0.05, 0) is 43.2 Å². The number of benzene rings is 1. The van der Waals surface area contributed by atoms with Crippen LogP contribution in [0.25, 0.3) is 11.3 Å². The first-order valence-electron chi connectivity index (χ1n) is 9.53. The lowest BCUT2D eigenvalue weighted by molar-refractivity contribution is 0.0681. The molecule has 1 aliphatic rings. The molecule has 3 heterocycles. The van der Waals surface area contributed by atoms with Gasteiger partial charge in [0.15, 0.2) is 0 Å². The summed E-state index contributed by atoms with van der Waals surface area (Å²) in [6, 6.07) is 9.06. The van der Waals surface area contributed by atoms with E-state index in [1.54, 1.807) is 24.3 Å². The van der Waals surface area contributed by atoms with Gasteiger partial charge in [0, 0.05) is 18.2 Å². The third kappa shape index (κ3) is 4.57. The van der Waals surface area contributed by atoms with Crippen LogP contribution in [0.15, 0.2) is 42.6 Å². The van der Waals surface area contributed by atoms with Gasteiger partial charge in [0.05, 0.1) is 30.8 Å². The van der Waals surface area contributed by atoms with Gasteiger partial charge < -0.3 is 19.5 Å². The molecule has 0 saturated carbocycles. The fraction of sp³-hybridized carbons (Fsp3) is 0.286. The Hall–Kier alpha value is -3.46. The van der Waals surface area contributed by atoms with Gasteiger partial charge in [0.25, 0.3) is 5.91 Å². The molecule has 8 nitrogen and oxygen atoms in total. The van der Waals surface area contributed by atoms with Crippen LogP contribution in [0, 0.1) is 5.82 Å². The summed E-state index contributed by atoms with van der Waals surface area (Å²) < 4.78 is 30.3. The van der Waals surface area contributed by atoms with Crippen molar-refractivity contribution in [2.45, 2.75) is 18.9 Å². The van der Waals surface area contributed by atoms with Crippen molar-refractivity contribution < 1.29 is 23.4 Å². The molecule has 0 bridgehead atoms. The minimum Gasteiger partial charge on any atom is -0.490 e. The summed E-state index contributed by atoms with van der Waals surface area (Å²) in [7, 11) is 1.51. The zero-order valence-corrected chi connectivity index (χ0v) is 16.4. The van der Waals surface area contributed by atoms with Gasteiger partial charge in [-0.2, -0.15) is 5.10 Å². The summed E-state index contributed by atoms with van der Waals surface area (Å²) in [5, 5.41) is 9.55. The number of carbonyl (C=O) groups is 1. The molecule has 2 N–H and O–H groups in total. The molecule has 0 aliphatic carbocycles. The third-order valence-electron chi connectivity index (χ3n) is 4.69. The molecule has 1 aliphatic heterocycles. The highest BCUT2D eigenvalue weighted by molar-refractivity contribution is 6.03. The Morgan fingerprint density at radius 1 is 1.33 bits per heavy atom. The van der Waals surface area contributed by atoms with E-state index in [2.05, 4.69) is 20.5 Å². The average Bonchev–Trinajstić information content (AvgIpc) is 3.45. The standard InChI is InChI=1S/C21H21FN4O4/c1-28-20-7-5-14(11-23-20)24-21(27)18-10-17(25-26-18)16-9-13(22)4-6-19(16)30-12-15-3-2-8-29-15/h4-7,9-11,15H,2-3,8,12H2,1H3,(H,24,27)(H,25,26). The summed E-state index contributed by atoms with van der Waals surface area (Å²) in [6.07, 6.45) is 3.45. The summed E-state index contributed by atoms with van der Waals surface area (Å²) in [4.78, 5) is 16.5. The molecule has 1 unspecified atom stereocenters. The van der Waals surface area contributed by atoms with E-state index in [-0.39, 0.29) is 11.8 Å². The van der Waals surface area contributed by atoms with Crippen molar-refractivity contribution in [1.29, 1.82) is 0 Å². The molecule has 1 fully saturated rings. The van der Waals surface area contributed by atoms with Crippen LogP contribution in [0.2, 0.25) is 0 Å². The van der Waals surface area contributed by atoms with E-state index in [9.17, 15) is 9.18 Å². The van der Waals surface area contributed by atoms with Crippen molar-refractivity contribution in [3.8, 4) is 22.9 Å². The predicted octanol–water partition coefficient (Wildman–Crippen LogP) is 3.43. The summed E-state index contributed by atoms with van der Waals surface area (Å²) in [5.41, 5.74) is 1.57. The molecule has 9 heteroatoms. The maximum absolute atomic E-state index is 13.9. The first-order chi connectivity index (χ1) is 14.6. The van der Waals surface area contributed by atoms with Gasteiger partial charge in [0.2, 0.25) is 5.88 Å². The predicted molar refractivity (Wildman–Crippen MR) is 107 cm³/mol. The van der Waals surface area contributed by atoms with Crippen LogP contribution < -0.4 is 14.8 Å². The molecule has 0 spiro atoms. The van der Waals surface area contributed by atoms with Crippen molar-refractivity contribution in [2.24, 2.45) is 0 Å². The maximum atomic E-state index is 13.9. The first kappa shape index (κ1) is 19.8. The molecule has 156 valence electrons. The SMILES string of the molecule is COc1ccc(NC(=O)c2cc(-c3cc(F)ccc3OCC3CCCO3)n[nH]2)cn1. The van der Waals surface area contributed by atoms with Gasteiger partial charge in [-0.25, -0.2) is 9.37 Å². The van der Waals surface area contributed by atoms with Crippen molar-refractivity contribution in [3.63, 3.8) is 0 Å². The number of ether oxygens (including phenoxy) is 3. The number of hydrogen-bond acceptors (Lipinski definition) is 6. The molecule has 1 aromatic carbocycles. The van der Waals surface area contributed by atoms with Crippen molar-refractivity contribution >= 4 is 11.6 Å². The van der Waals surface area contributed by atoms with Gasteiger partial charge in [0.1, 0.15) is 23.9 Å². The number of H-pyrrole nitrogens is 1. The van der Waals surface area contributed by atoms with E-state index < -0.39 is 11.7 Å². The highest BCUT2D eigenvalue weighted by Crippen LogP contribution is 2.31. The van der Waals surface area contributed by atoms with E-state index >= 15 is 0 Å². The van der Waals surface area contributed by atoms with E-state index in [1.165, 1.54) is 25.4 Å². The second kappa shape index (κ2) is 8.91. The molecule has 1 atom stereocenters. The van der Waals surface area contributed by atoms with E-state index in [0.29, 0.717) is 35.2 Å². The lowest BCUT2D eigenvalue weighted by atomic mass is 10.1. The molecular weight excluding hydrogens is 391 g/mol. The normalized spacial score (nSPS) is 15.7. The fourth-order valence-corrected chi connectivity index (χ4v) is 3.14. The number of anilines is 1. The molecule has 30 heavy (non-hydrogen) atoms. The summed E-state index contributed by atoms with van der Waals surface area (Å²) >= 11 is 0. The molecule has 1 saturated heterocycles. The molecular formula is C21H21FN4O4. The minimum atomic E-state index is -0.423. The number of carbonyl (C=O) groups excluding carboxylic acids is 1. The number of amides is 1. The second-order valence-corrected chi connectivity index (χ2v) is 6.80. The Balaban J connectivity index is 1.49. The van der Waals surface area contributed by atoms with Crippen LogP contribution in [0.5, 0.6) is 11.6 Å². The van der Waals surface area contributed by atoms with E-state index in [4.69, 9.17) is 14.2 Å². The summed E-state index contributed by atoms with van der Waals surface area (Å²) in [5.74, 6) is 0.0925. The number of aromatic nitrogens is 3. The van der Waals surface area contributed by atoms with E-state index in [1.807, 2.05) is 0 Å². The molecule has 4 rings (SSSR count). The van der Waals surface area contributed by atoms with Gasteiger partial charge in [-0.15, -0.1) is 0 Å². The lowest BCUT2D eigenvalue weighted by Crippen LogP contribution is -2.16. The summed E-state index contributed by atoms with van der Waals surface area (Å²) in [6.45, 7) is 1.10. The van der Waals surface area contributed by atoms with Gasteiger partial charge in [-0.1, -0.05) is 0 Å². The Morgan fingerprint density at radius 2 is 2.23 bits per heavy atom. The highest BCUT2D eigenvalue weighted by atomic mass is 19.1. The van der Waals surface area contributed by atoms with Crippen LogP contribution >= 0.6 is 0 Å². The fourth-order valence-electron chi connectivity index (χ4n) is 3.14. The van der Waals surface area contributed by atoms with Crippen LogP contribution in [-0.2, 0) is 4.74 Å². The molecule has 1 amide bonds. The zero-order valence-electron chi connectivity index (χ0n) is 16.4. The molecule has 2 aromatic heterocycles. The van der Waals surface area contributed by atoms with Gasteiger partial charge >= 0.3 is 0 Å². The first-order valence-corrected chi connectivity index (χ1v) is 9.53. The second-order valence-electron chi connectivity index (χ2n) is 6.80. The number of rotatable bonds is 7. The number of hydrogen-bond donors (Lipinski definition) is 2. The topological polar surface area (TPSA) is 98.4 Å². The maximum Gasteiger partial charge on any atom is 0.273 e. The molecule has 0 radical (unpaired) electrons. The minimum absolute atomic E-state index is 0.0292. The van der Waals surface area contributed by atoms with Crippen molar-refractivity contribution in [1.82, 2.24) is 15.2 Å². The largest absolute Gasteiger partial charge is 0.490 e. The average molecular weight is 412 g/mol. The lowest BCUT2D eigenvalue weighted by Gasteiger charge is -2.14. The van der Waals surface area contributed by atoms with Crippen LogP contribution in [0.3, 0.4) is 0 Å². The van der Waals surface area contributed by atoms with E-state index in [0.717, 1.165) is 19.4 Å². The van der Waals surface area contributed by atoms with Crippen LogP contribution in [0.4, 0.5) is 10.1 Å². The highest BCUT2D eigenvalue weighted by Gasteiger charge is 2.19. The smallest absolute Gasteiger partial charge is 0.273 e. The third-order valence-corrected chi connectivity index (χ3v) is 4.69. The Bertz CT molecular complexity index is 1020. The van der Waals surface area contributed by atoms with Crippen LogP contribution in [0.1, 0.15) is 23.3 Å². The number of pyridine rings is 1. The number of halogens is 1. The quantitative estimate of drug-likeness (QED) is 0.617. The number of methoxy groups -OCH3 is 1. The Kier molecular flexibility index (Phi) is 5.89. The van der Waals surface area contributed by atoms with Crippen molar-refractivity contribution in [3.05, 3.63) is 54.1 Å². The Morgan fingerprint density at radius 3 is 2.97 bits per heavy atom. The van der Waals surface area contributed by atoms with Crippen LogP contribution in [-0.4, -0.2) is 47.5 Å². The zero-order chi connectivity index (χ0) is 20.9. The van der Waals surface area contributed by atoms with Crippen molar-refractivity contribution in [2.75, 3.05) is 25.6 Å². The number of nitrogens with zero attached hydrogens (tertiary/aromatic N) is 2.